The molecule has 15 heavy (non-hydrogen) atoms. The fraction of sp³-hybridized carbons (Fsp3) is 0.917. The molecule has 3 heteroatoms. The lowest BCUT2D eigenvalue weighted by Crippen LogP contribution is -2.49. The van der Waals surface area contributed by atoms with Gasteiger partial charge in [0.1, 0.15) is 0 Å². The molecule has 1 aliphatic rings. The zero-order valence-electron chi connectivity index (χ0n) is 10.5. The van der Waals surface area contributed by atoms with Crippen molar-refractivity contribution in [2.75, 3.05) is 26.2 Å². The van der Waals surface area contributed by atoms with Crippen LogP contribution in [0.15, 0.2) is 0 Å². The number of urea groups is 1. The number of nitrogens with zero attached hydrogens (tertiary/aromatic N) is 2. The molecule has 0 spiro atoms. The molecule has 0 atom stereocenters. The molecule has 1 aliphatic heterocycles. The normalized spacial score (nSPS) is 20.1. The van der Waals surface area contributed by atoms with Crippen molar-refractivity contribution in [2.24, 2.45) is 5.41 Å². The molecule has 0 aromatic carbocycles. The SMILES string of the molecule is CCN(CC)C(=O)N1CCCC(C)(C)C1. The number of carbonyl (C=O) groups is 1. The molecule has 2 amide bonds. The summed E-state index contributed by atoms with van der Waals surface area (Å²) in [5.41, 5.74) is 0.293. The van der Waals surface area contributed by atoms with Crippen molar-refractivity contribution < 1.29 is 4.79 Å². The van der Waals surface area contributed by atoms with E-state index in [0.717, 1.165) is 32.6 Å². The molecule has 0 bridgehead atoms. The highest BCUT2D eigenvalue weighted by Gasteiger charge is 2.30. The molecule has 0 aliphatic carbocycles. The van der Waals surface area contributed by atoms with Gasteiger partial charge in [0.25, 0.3) is 0 Å². The minimum atomic E-state index is 0.216. The van der Waals surface area contributed by atoms with Gasteiger partial charge in [0.15, 0.2) is 0 Å². The summed E-state index contributed by atoms with van der Waals surface area (Å²) in [6, 6.07) is 0.216. The Morgan fingerprint density at radius 3 is 2.40 bits per heavy atom. The summed E-state index contributed by atoms with van der Waals surface area (Å²) >= 11 is 0. The zero-order valence-corrected chi connectivity index (χ0v) is 10.5. The predicted octanol–water partition coefficient (Wildman–Crippen LogP) is 2.57. The van der Waals surface area contributed by atoms with Crippen LogP contribution >= 0.6 is 0 Å². The number of piperidine rings is 1. The van der Waals surface area contributed by atoms with Gasteiger partial charge in [-0.2, -0.15) is 0 Å². The number of likely N-dealkylation sites (tertiary alicyclic amines) is 1. The van der Waals surface area contributed by atoms with Crippen LogP contribution in [0.5, 0.6) is 0 Å². The molecule has 3 nitrogen and oxygen atoms in total. The first-order chi connectivity index (χ1) is 7.00. The maximum absolute atomic E-state index is 12.1. The third-order valence-electron chi connectivity index (χ3n) is 3.20. The standard InChI is InChI=1S/C12H24N2O/c1-5-13(6-2)11(15)14-9-7-8-12(3,4)10-14/h5-10H2,1-4H3. The van der Waals surface area contributed by atoms with Crippen molar-refractivity contribution in [3.63, 3.8) is 0 Å². The van der Waals surface area contributed by atoms with Crippen LogP contribution in [0.4, 0.5) is 4.79 Å². The molecule has 0 unspecified atom stereocenters. The summed E-state index contributed by atoms with van der Waals surface area (Å²) in [7, 11) is 0. The first kappa shape index (κ1) is 12.3. The van der Waals surface area contributed by atoms with E-state index >= 15 is 0 Å². The van der Waals surface area contributed by atoms with E-state index in [2.05, 4.69) is 13.8 Å². The fourth-order valence-electron chi connectivity index (χ4n) is 2.28. The Kier molecular flexibility index (Phi) is 4.00. The van der Waals surface area contributed by atoms with Crippen molar-refractivity contribution in [1.29, 1.82) is 0 Å². The molecule has 88 valence electrons. The lowest BCUT2D eigenvalue weighted by molar-refractivity contribution is 0.105. The van der Waals surface area contributed by atoms with E-state index in [9.17, 15) is 4.79 Å². The van der Waals surface area contributed by atoms with E-state index in [0.29, 0.717) is 5.41 Å². The Bertz CT molecular complexity index is 222. The van der Waals surface area contributed by atoms with Crippen LogP contribution in [0, 0.1) is 5.41 Å². The average Bonchev–Trinajstić information content (AvgIpc) is 2.18. The zero-order chi connectivity index (χ0) is 11.5. The van der Waals surface area contributed by atoms with Crippen LogP contribution in [-0.4, -0.2) is 42.0 Å². The first-order valence-electron chi connectivity index (χ1n) is 6.04. The van der Waals surface area contributed by atoms with E-state index in [-0.39, 0.29) is 6.03 Å². The maximum atomic E-state index is 12.1. The van der Waals surface area contributed by atoms with Gasteiger partial charge in [-0.05, 0) is 32.1 Å². The third-order valence-corrected chi connectivity index (χ3v) is 3.20. The minimum absolute atomic E-state index is 0.216. The lowest BCUT2D eigenvalue weighted by atomic mass is 9.84. The molecular weight excluding hydrogens is 188 g/mol. The second-order valence-electron chi connectivity index (χ2n) is 5.14. The Morgan fingerprint density at radius 1 is 1.33 bits per heavy atom. The van der Waals surface area contributed by atoms with Crippen LogP contribution < -0.4 is 0 Å². The molecule has 1 heterocycles. The summed E-state index contributed by atoms with van der Waals surface area (Å²) in [6.07, 6.45) is 2.37. The molecule has 0 aromatic rings. The van der Waals surface area contributed by atoms with Crippen LogP contribution in [-0.2, 0) is 0 Å². The van der Waals surface area contributed by atoms with Crippen molar-refractivity contribution in [1.82, 2.24) is 9.80 Å². The molecule has 0 aromatic heterocycles. The van der Waals surface area contributed by atoms with Gasteiger partial charge < -0.3 is 9.80 Å². The Balaban J connectivity index is 2.59. The topological polar surface area (TPSA) is 23.6 Å². The lowest BCUT2D eigenvalue weighted by Gasteiger charge is -2.40. The highest BCUT2D eigenvalue weighted by molar-refractivity contribution is 5.74. The molecule has 0 radical (unpaired) electrons. The largest absolute Gasteiger partial charge is 0.325 e. The average molecular weight is 212 g/mol. The molecule has 1 saturated heterocycles. The number of carbonyl (C=O) groups excluding carboxylic acids is 1. The van der Waals surface area contributed by atoms with Crippen molar-refractivity contribution >= 4 is 6.03 Å². The van der Waals surface area contributed by atoms with E-state index in [1.165, 1.54) is 6.42 Å². The van der Waals surface area contributed by atoms with Gasteiger partial charge in [-0.3, -0.25) is 0 Å². The Morgan fingerprint density at radius 2 is 1.93 bits per heavy atom. The number of amides is 2. The molecule has 0 saturated carbocycles. The minimum Gasteiger partial charge on any atom is -0.325 e. The Hall–Kier alpha value is -0.730. The highest BCUT2D eigenvalue weighted by Crippen LogP contribution is 2.28. The van der Waals surface area contributed by atoms with E-state index in [4.69, 9.17) is 0 Å². The second-order valence-corrected chi connectivity index (χ2v) is 5.14. The molecule has 1 rings (SSSR count). The summed E-state index contributed by atoms with van der Waals surface area (Å²) < 4.78 is 0. The monoisotopic (exact) mass is 212 g/mol. The van der Waals surface area contributed by atoms with Gasteiger partial charge in [0.05, 0.1) is 0 Å². The van der Waals surface area contributed by atoms with Gasteiger partial charge in [-0.1, -0.05) is 13.8 Å². The van der Waals surface area contributed by atoms with Gasteiger partial charge in [0, 0.05) is 26.2 Å². The van der Waals surface area contributed by atoms with Crippen molar-refractivity contribution in [3.8, 4) is 0 Å². The second kappa shape index (κ2) is 4.86. The van der Waals surface area contributed by atoms with Gasteiger partial charge in [0.2, 0.25) is 0 Å². The van der Waals surface area contributed by atoms with Crippen LogP contribution in [0.25, 0.3) is 0 Å². The van der Waals surface area contributed by atoms with E-state index in [1.807, 2.05) is 23.6 Å². The number of hydrogen-bond acceptors (Lipinski definition) is 1. The van der Waals surface area contributed by atoms with E-state index in [1.54, 1.807) is 0 Å². The van der Waals surface area contributed by atoms with Crippen LogP contribution in [0.1, 0.15) is 40.5 Å². The highest BCUT2D eigenvalue weighted by atomic mass is 16.2. The Labute approximate surface area is 93.4 Å². The summed E-state index contributed by atoms with van der Waals surface area (Å²) in [4.78, 5) is 16.0. The maximum Gasteiger partial charge on any atom is 0.319 e. The summed E-state index contributed by atoms with van der Waals surface area (Å²) in [5, 5.41) is 0. The first-order valence-corrected chi connectivity index (χ1v) is 6.04. The summed E-state index contributed by atoms with van der Waals surface area (Å²) in [5.74, 6) is 0. The van der Waals surface area contributed by atoms with Crippen LogP contribution in [0.3, 0.4) is 0 Å². The summed E-state index contributed by atoms with van der Waals surface area (Å²) in [6.45, 7) is 12.0. The number of hydrogen-bond donors (Lipinski definition) is 0. The third kappa shape index (κ3) is 3.11. The quantitative estimate of drug-likeness (QED) is 0.690. The van der Waals surface area contributed by atoms with Gasteiger partial charge in [-0.25, -0.2) is 4.79 Å². The van der Waals surface area contributed by atoms with Crippen molar-refractivity contribution in [2.45, 2.75) is 40.5 Å². The predicted molar refractivity (Wildman–Crippen MR) is 62.9 cm³/mol. The molecule has 0 N–H and O–H groups in total. The molecular formula is C12H24N2O. The van der Waals surface area contributed by atoms with Gasteiger partial charge in [-0.15, -0.1) is 0 Å². The number of rotatable bonds is 2. The van der Waals surface area contributed by atoms with E-state index < -0.39 is 0 Å². The van der Waals surface area contributed by atoms with Crippen molar-refractivity contribution in [3.05, 3.63) is 0 Å². The van der Waals surface area contributed by atoms with Gasteiger partial charge >= 0.3 is 6.03 Å². The molecule has 1 fully saturated rings. The smallest absolute Gasteiger partial charge is 0.319 e. The van der Waals surface area contributed by atoms with Crippen LogP contribution in [0.2, 0.25) is 0 Å². The fourth-order valence-corrected chi connectivity index (χ4v) is 2.28.